The summed E-state index contributed by atoms with van der Waals surface area (Å²) in [6, 6.07) is 8.11. The van der Waals surface area contributed by atoms with E-state index in [1.165, 1.54) is 7.11 Å². The van der Waals surface area contributed by atoms with Gasteiger partial charge in [-0.2, -0.15) is 0 Å². The minimum absolute atomic E-state index is 0.0577. The Labute approximate surface area is 180 Å². The Morgan fingerprint density at radius 1 is 1.04 bits per heavy atom. The van der Waals surface area contributed by atoms with Crippen molar-refractivity contribution in [1.29, 1.82) is 0 Å². The molecule has 1 fully saturated rings. The van der Waals surface area contributed by atoms with Gasteiger partial charge in [-0.1, -0.05) is 52.5 Å². The van der Waals surface area contributed by atoms with Gasteiger partial charge >= 0.3 is 0 Å². The number of hydrogen-bond acceptors (Lipinski definition) is 4. The van der Waals surface area contributed by atoms with Crippen LogP contribution in [0.15, 0.2) is 35.2 Å². The first-order valence-electron chi connectivity index (χ1n) is 7.52. The van der Waals surface area contributed by atoms with Crippen LogP contribution in [-0.2, 0) is 11.3 Å². The highest BCUT2D eigenvalue weighted by molar-refractivity contribution is 8.18. The van der Waals surface area contributed by atoms with Gasteiger partial charge in [0.25, 0.3) is 11.1 Å². The van der Waals surface area contributed by atoms with Crippen LogP contribution in [0.25, 0.3) is 6.08 Å². The highest BCUT2D eigenvalue weighted by Gasteiger charge is 2.35. The van der Waals surface area contributed by atoms with Crippen LogP contribution in [0.3, 0.4) is 0 Å². The Morgan fingerprint density at radius 2 is 1.70 bits per heavy atom. The van der Waals surface area contributed by atoms with Gasteiger partial charge in [0.15, 0.2) is 5.75 Å². The number of ether oxygens (including phenoxy) is 1. The molecule has 0 aliphatic carbocycles. The lowest BCUT2D eigenvalue weighted by Gasteiger charge is -2.13. The Hall–Kier alpha value is -1.37. The molecule has 0 radical (unpaired) electrons. The molecule has 3 rings (SSSR count). The van der Waals surface area contributed by atoms with Crippen molar-refractivity contribution in [2.75, 3.05) is 7.11 Å². The zero-order valence-corrected chi connectivity index (χ0v) is 17.6. The maximum absolute atomic E-state index is 12.7. The van der Waals surface area contributed by atoms with Crippen molar-refractivity contribution in [3.63, 3.8) is 0 Å². The average molecular weight is 463 g/mol. The van der Waals surface area contributed by atoms with E-state index in [1.54, 1.807) is 36.4 Å². The van der Waals surface area contributed by atoms with E-state index < -0.39 is 5.91 Å². The number of amides is 2. The third-order valence-electron chi connectivity index (χ3n) is 3.74. The molecule has 1 aliphatic rings. The standard InChI is InChI=1S/C18H11Cl4NO3S/c1-26-16-13(21)4-9(5-14(16)22)6-15-17(24)23(18(25)27-15)8-10-2-3-11(19)7-12(10)20/h2-7H,8H2,1H3/b15-6-. The van der Waals surface area contributed by atoms with Crippen LogP contribution < -0.4 is 4.74 Å². The minimum Gasteiger partial charge on any atom is -0.494 e. The van der Waals surface area contributed by atoms with Crippen LogP contribution >= 0.6 is 58.2 Å². The summed E-state index contributed by atoms with van der Waals surface area (Å²) in [6.07, 6.45) is 1.56. The molecule has 1 heterocycles. The fourth-order valence-electron chi connectivity index (χ4n) is 2.47. The minimum atomic E-state index is -0.418. The van der Waals surface area contributed by atoms with Crippen LogP contribution in [-0.4, -0.2) is 23.2 Å². The van der Waals surface area contributed by atoms with Crippen LogP contribution in [0, 0.1) is 0 Å². The lowest BCUT2D eigenvalue weighted by atomic mass is 10.2. The lowest BCUT2D eigenvalue weighted by Crippen LogP contribution is -2.27. The van der Waals surface area contributed by atoms with Crippen LogP contribution in [0.4, 0.5) is 4.79 Å². The Balaban J connectivity index is 1.86. The number of thioether (sulfide) groups is 1. The van der Waals surface area contributed by atoms with Gasteiger partial charge in [-0.05, 0) is 53.2 Å². The molecule has 2 aromatic carbocycles. The predicted molar refractivity (Wildman–Crippen MR) is 111 cm³/mol. The van der Waals surface area contributed by atoms with E-state index in [9.17, 15) is 9.59 Å². The van der Waals surface area contributed by atoms with Gasteiger partial charge in [-0.15, -0.1) is 0 Å². The highest BCUT2D eigenvalue weighted by Crippen LogP contribution is 2.38. The smallest absolute Gasteiger partial charge is 0.293 e. The summed E-state index contributed by atoms with van der Waals surface area (Å²) in [5.74, 6) is -0.0694. The van der Waals surface area contributed by atoms with Crippen molar-refractivity contribution in [2.24, 2.45) is 0 Å². The van der Waals surface area contributed by atoms with Crippen LogP contribution in [0.2, 0.25) is 20.1 Å². The molecule has 0 unspecified atom stereocenters. The number of carbonyl (C=O) groups excluding carboxylic acids is 2. The first kappa shape index (κ1) is 20.4. The summed E-state index contributed by atoms with van der Waals surface area (Å²) in [5.41, 5.74) is 1.21. The zero-order chi connectivity index (χ0) is 19.7. The molecule has 1 saturated heterocycles. The van der Waals surface area contributed by atoms with E-state index in [-0.39, 0.29) is 16.7 Å². The maximum atomic E-state index is 12.7. The molecule has 0 spiro atoms. The molecule has 4 nitrogen and oxygen atoms in total. The van der Waals surface area contributed by atoms with Gasteiger partial charge in [0.05, 0.1) is 28.6 Å². The molecule has 27 heavy (non-hydrogen) atoms. The number of benzene rings is 2. The summed E-state index contributed by atoms with van der Waals surface area (Å²) < 4.78 is 5.10. The molecule has 0 aromatic heterocycles. The molecule has 0 saturated carbocycles. The highest BCUT2D eigenvalue weighted by atomic mass is 35.5. The van der Waals surface area contributed by atoms with Crippen molar-refractivity contribution in [3.05, 3.63) is 66.5 Å². The van der Waals surface area contributed by atoms with E-state index in [0.717, 1.165) is 16.7 Å². The number of rotatable bonds is 4. The van der Waals surface area contributed by atoms with Crippen LogP contribution in [0.5, 0.6) is 5.75 Å². The largest absolute Gasteiger partial charge is 0.494 e. The predicted octanol–water partition coefficient (Wildman–Crippen LogP) is 6.55. The Bertz CT molecular complexity index is 954. The topological polar surface area (TPSA) is 46.6 Å². The second kappa shape index (κ2) is 8.33. The van der Waals surface area contributed by atoms with E-state index >= 15 is 0 Å². The number of nitrogens with zero attached hydrogens (tertiary/aromatic N) is 1. The molecular weight excluding hydrogens is 452 g/mol. The maximum Gasteiger partial charge on any atom is 0.293 e. The van der Waals surface area contributed by atoms with Gasteiger partial charge in [0.2, 0.25) is 0 Å². The van der Waals surface area contributed by atoms with E-state index in [2.05, 4.69) is 0 Å². The molecule has 0 bridgehead atoms. The van der Waals surface area contributed by atoms with E-state index in [0.29, 0.717) is 37.0 Å². The quantitative estimate of drug-likeness (QED) is 0.483. The van der Waals surface area contributed by atoms with Gasteiger partial charge in [0, 0.05) is 10.0 Å². The number of halogens is 4. The van der Waals surface area contributed by atoms with Gasteiger partial charge in [0.1, 0.15) is 0 Å². The van der Waals surface area contributed by atoms with Crippen molar-refractivity contribution in [1.82, 2.24) is 4.90 Å². The summed E-state index contributed by atoms with van der Waals surface area (Å²) >= 11 is 25.1. The normalized spacial score (nSPS) is 15.7. The molecule has 0 atom stereocenters. The third-order valence-corrected chi connectivity index (χ3v) is 5.80. The molecule has 140 valence electrons. The van der Waals surface area contributed by atoms with E-state index in [1.807, 2.05) is 0 Å². The molecule has 1 aliphatic heterocycles. The fraction of sp³-hybridized carbons (Fsp3) is 0.111. The average Bonchev–Trinajstić information content (AvgIpc) is 2.84. The summed E-state index contributed by atoms with van der Waals surface area (Å²) in [4.78, 5) is 26.3. The summed E-state index contributed by atoms with van der Waals surface area (Å²) in [5, 5.41) is 1.10. The lowest BCUT2D eigenvalue weighted by molar-refractivity contribution is -0.123. The first-order chi connectivity index (χ1) is 12.8. The van der Waals surface area contributed by atoms with Crippen molar-refractivity contribution in [2.45, 2.75) is 6.54 Å². The van der Waals surface area contributed by atoms with Crippen molar-refractivity contribution >= 4 is 75.4 Å². The number of methoxy groups -OCH3 is 1. The van der Waals surface area contributed by atoms with E-state index in [4.69, 9.17) is 51.1 Å². The molecule has 0 N–H and O–H groups in total. The SMILES string of the molecule is COc1c(Cl)cc(/C=C2\SC(=O)N(Cc3ccc(Cl)cc3Cl)C2=O)cc1Cl. The first-order valence-corrected chi connectivity index (χ1v) is 9.85. The van der Waals surface area contributed by atoms with Crippen molar-refractivity contribution < 1.29 is 14.3 Å². The zero-order valence-electron chi connectivity index (χ0n) is 13.8. The summed E-state index contributed by atoms with van der Waals surface area (Å²) in [7, 11) is 1.46. The Morgan fingerprint density at radius 3 is 2.30 bits per heavy atom. The van der Waals surface area contributed by atoms with Crippen LogP contribution in [0.1, 0.15) is 11.1 Å². The van der Waals surface area contributed by atoms with Gasteiger partial charge < -0.3 is 4.74 Å². The second-order valence-electron chi connectivity index (χ2n) is 5.52. The van der Waals surface area contributed by atoms with Gasteiger partial charge in [-0.25, -0.2) is 0 Å². The fourth-order valence-corrected chi connectivity index (χ4v) is 4.43. The third kappa shape index (κ3) is 4.39. The van der Waals surface area contributed by atoms with Gasteiger partial charge in [-0.3, -0.25) is 14.5 Å². The molecule has 2 amide bonds. The molecule has 9 heteroatoms. The second-order valence-corrected chi connectivity index (χ2v) is 8.17. The number of carbonyl (C=O) groups is 2. The Kier molecular flexibility index (Phi) is 6.28. The molecular formula is C18H11Cl4NO3S. The number of imide groups is 1. The van der Waals surface area contributed by atoms with Crippen molar-refractivity contribution in [3.8, 4) is 5.75 Å². The summed E-state index contributed by atoms with van der Waals surface area (Å²) in [6.45, 7) is 0.0577. The molecule has 2 aromatic rings. The number of hydrogen-bond donors (Lipinski definition) is 0. The monoisotopic (exact) mass is 461 g/mol.